The number of aromatic nitrogens is 1. The summed E-state index contributed by atoms with van der Waals surface area (Å²) in [5.74, 6) is -1.23. The zero-order valence-corrected chi connectivity index (χ0v) is 14.7. The Labute approximate surface area is 153 Å². The molecule has 0 radical (unpaired) electrons. The summed E-state index contributed by atoms with van der Waals surface area (Å²) in [5.41, 5.74) is 2.08. The molecule has 0 aliphatic carbocycles. The van der Waals surface area contributed by atoms with Gasteiger partial charge >= 0.3 is 5.97 Å². The Morgan fingerprint density at radius 1 is 1.19 bits per heavy atom. The van der Waals surface area contributed by atoms with Crippen LogP contribution >= 0.6 is 0 Å². The van der Waals surface area contributed by atoms with Gasteiger partial charge in [-0.2, -0.15) is 0 Å². The molecular formula is C20H25N3O3. The van der Waals surface area contributed by atoms with E-state index in [2.05, 4.69) is 21.3 Å². The molecule has 3 N–H and O–H groups in total. The Morgan fingerprint density at radius 2 is 2.00 bits per heavy atom. The van der Waals surface area contributed by atoms with Crippen molar-refractivity contribution in [2.24, 2.45) is 0 Å². The zero-order valence-electron chi connectivity index (χ0n) is 14.7. The van der Waals surface area contributed by atoms with Crippen LogP contribution in [0, 0.1) is 0 Å². The van der Waals surface area contributed by atoms with Gasteiger partial charge in [-0.15, -0.1) is 0 Å². The number of carbonyl (C=O) groups is 1. The Bertz CT molecular complexity index is 703. The smallest absolute Gasteiger partial charge is 0.337 e. The summed E-state index contributed by atoms with van der Waals surface area (Å²) in [6.45, 7) is 3.51. The number of hydrogen-bond acceptors (Lipinski definition) is 5. The molecule has 0 saturated carbocycles. The lowest BCUT2D eigenvalue weighted by molar-refractivity contribution is -0.146. The van der Waals surface area contributed by atoms with Crippen LogP contribution in [-0.4, -0.2) is 46.3 Å². The van der Waals surface area contributed by atoms with E-state index in [1.165, 1.54) is 38.0 Å². The highest BCUT2D eigenvalue weighted by atomic mass is 16.4. The predicted octanol–water partition coefficient (Wildman–Crippen LogP) is 2.22. The van der Waals surface area contributed by atoms with Gasteiger partial charge < -0.3 is 20.4 Å². The molecule has 1 aromatic heterocycles. The highest BCUT2D eigenvalue weighted by Gasteiger charge is 2.39. The Hall–Kier alpha value is -2.44. The second kappa shape index (κ2) is 8.29. The van der Waals surface area contributed by atoms with E-state index >= 15 is 0 Å². The van der Waals surface area contributed by atoms with Crippen molar-refractivity contribution in [2.45, 2.75) is 30.9 Å². The molecule has 0 amide bonds. The minimum Gasteiger partial charge on any atom is -0.479 e. The molecular weight excluding hydrogens is 330 g/mol. The monoisotopic (exact) mass is 355 g/mol. The van der Waals surface area contributed by atoms with Crippen molar-refractivity contribution < 1.29 is 15.0 Å². The number of pyridine rings is 1. The number of aliphatic hydroxyl groups excluding tert-OH is 1. The quantitative estimate of drug-likeness (QED) is 0.783. The number of benzene rings is 1. The van der Waals surface area contributed by atoms with Crippen molar-refractivity contribution in [3.63, 3.8) is 0 Å². The van der Waals surface area contributed by atoms with Crippen LogP contribution in [0.3, 0.4) is 0 Å². The molecule has 2 aliphatic rings. The van der Waals surface area contributed by atoms with E-state index in [0.29, 0.717) is 11.1 Å². The number of aliphatic hydroxyl groups is 1. The van der Waals surface area contributed by atoms with Crippen molar-refractivity contribution >= 4 is 11.7 Å². The van der Waals surface area contributed by atoms with Crippen LogP contribution in [0.4, 0.5) is 5.69 Å². The highest BCUT2D eigenvalue weighted by molar-refractivity contribution is 5.73. The molecule has 1 spiro atoms. The molecule has 2 atom stereocenters. The number of carboxylic acid groups (broad SMARTS) is 1. The molecule has 2 aliphatic heterocycles. The van der Waals surface area contributed by atoms with E-state index in [-0.39, 0.29) is 0 Å². The fraction of sp³-hybridized carbons (Fsp3) is 0.400. The number of rotatable bonds is 3. The predicted molar refractivity (Wildman–Crippen MR) is 100 cm³/mol. The van der Waals surface area contributed by atoms with Crippen LogP contribution in [0.2, 0.25) is 0 Å². The lowest BCUT2D eigenvalue weighted by Crippen LogP contribution is -2.42. The molecule has 0 bridgehead atoms. The van der Waals surface area contributed by atoms with Crippen molar-refractivity contribution in [1.82, 2.24) is 10.3 Å². The molecule has 4 rings (SSSR count). The van der Waals surface area contributed by atoms with Crippen molar-refractivity contribution in [3.8, 4) is 0 Å². The summed E-state index contributed by atoms with van der Waals surface area (Å²) in [6.07, 6.45) is 6.35. The van der Waals surface area contributed by atoms with E-state index in [1.54, 1.807) is 30.3 Å². The maximum atomic E-state index is 10.2. The Morgan fingerprint density at radius 3 is 2.62 bits per heavy atom. The van der Waals surface area contributed by atoms with Gasteiger partial charge in [0.1, 0.15) is 0 Å². The number of nitrogens with zero attached hydrogens (tertiary/aromatic N) is 2. The Balaban J connectivity index is 0.000000160. The summed E-state index contributed by atoms with van der Waals surface area (Å²) in [6, 6.07) is 12.4. The summed E-state index contributed by atoms with van der Waals surface area (Å²) in [5, 5.41) is 21.1. The van der Waals surface area contributed by atoms with Gasteiger partial charge in [0, 0.05) is 24.8 Å². The molecule has 1 aromatic carbocycles. The average molecular weight is 355 g/mol. The first-order valence-electron chi connectivity index (χ1n) is 8.95. The average Bonchev–Trinajstić information content (AvgIpc) is 3.33. The van der Waals surface area contributed by atoms with Crippen LogP contribution in [-0.2, 0) is 4.79 Å². The summed E-state index contributed by atoms with van der Waals surface area (Å²) in [4.78, 5) is 16.9. The van der Waals surface area contributed by atoms with Gasteiger partial charge in [0.25, 0.3) is 0 Å². The van der Waals surface area contributed by atoms with Crippen LogP contribution in [0.1, 0.15) is 30.9 Å². The van der Waals surface area contributed by atoms with E-state index in [9.17, 15) is 4.79 Å². The standard InChI is InChI=1S/C12H17N3.C8H8O3/c1-3-11(9-13-6-1)15-8-5-12(10-15)4-2-7-14-12;9-7(8(10)11)6-4-2-1-3-5-6/h1,3,6,9,14H,2,4-5,7-8,10H2;1-5,7,9H,(H,10,11)/t12-;7-/m00/s1. The minimum absolute atomic E-state index is 0.403. The molecule has 6 nitrogen and oxygen atoms in total. The van der Waals surface area contributed by atoms with Crippen molar-refractivity contribution in [2.75, 3.05) is 24.5 Å². The molecule has 26 heavy (non-hydrogen) atoms. The molecule has 6 heteroatoms. The summed E-state index contributed by atoms with van der Waals surface area (Å²) in [7, 11) is 0. The van der Waals surface area contributed by atoms with E-state index < -0.39 is 12.1 Å². The third-order valence-electron chi connectivity index (χ3n) is 5.05. The van der Waals surface area contributed by atoms with Crippen LogP contribution in [0.25, 0.3) is 0 Å². The number of nitrogens with one attached hydrogen (secondary N) is 1. The van der Waals surface area contributed by atoms with Gasteiger partial charge in [-0.25, -0.2) is 4.79 Å². The van der Waals surface area contributed by atoms with E-state index in [0.717, 1.165) is 6.54 Å². The third-order valence-corrected chi connectivity index (χ3v) is 5.05. The second-order valence-corrected chi connectivity index (χ2v) is 6.84. The molecule has 138 valence electrons. The number of carboxylic acids is 1. The van der Waals surface area contributed by atoms with Gasteiger partial charge in [-0.3, -0.25) is 4.98 Å². The second-order valence-electron chi connectivity index (χ2n) is 6.84. The third kappa shape index (κ3) is 4.39. The van der Waals surface area contributed by atoms with Crippen LogP contribution in [0.15, 0.2) is 54.9 Å². The molecule has 3 heterocycles. The topological polar surface area (TPSA) is 85.7 Å². The van der Waals surface area contributed by atoms with Crippen LogP contribution < -0.4 is 10.2 Å². The van der Waals surface area contributed by atoms with Gasteiger partial charge in [0.15, 0.2) is 6.10 Å². The first kappa shape index (κ1) is 18.4. The van der Waals surface area contributed by atoms with Gasteiger partial charge in [0.05, 0.1) is 11.9 Å². The lowest BCUT2D eigenvalue weighted by Gasteiger charge is -2.25. The molecule has 2 fully saturated rings. The number of hydrogen-bond donors (Lipinski definition) is 3. The Kier molecular flexibility index (Phi) is 5.85. The van der Waals surface area contributed by atoms with E-state index in [1.807, 2.05) is 18.5 Å². The first-order valence-corrected chi connectivity index (χ1v) is 8.95. The van der Waals surface area contributed by atoms with Gasteiger partial charge in [-0.05, 0) is 43.5 Å². The fourth-order valence-corrected chi connectivity index (χ4v) is 3.63. The SMILES string of the molecule is O=C(O)[C@@H](O)c1ccccc1.c1cncc(N2CC[C@@]3(CCCN3)C2)c1. The number of aliphatic carboxylic acids is 1. The number of anilines is 1. The van der Waals surface area contributed by atoms with Gasteiger partial charge in [0.2, 0.25) is 0 Å². The summed E-state index contributed by atoms with van der Waals surface area (Å²) < 4.78 is 0. The first-order chi connectivity index (χ1) is 12.6. The summed E-state index contributed by atoms with van der Waals surface area (Å²) >= 11 is 0. The van der Waals surface area contributed by atoms with Crippen LogP contribution in [0.5, 0.6) is 0 Å². The molecule has 2 saturated heterocycles. The highest BCUT2D eigenvalue weighted by Crippen LogP contribution is 2.32. The lowest BCUT2D eigenvalue weighted by atomic mass is 9.97. The van der Waals surface area contributed by atoms with Crippen molar-refractivity contribution in [3.05, 3.63) is 60.4 Å². The zero-order chi connectivity index (χ0) is 18.4. The largest absolute Gasteiger partial charge is 0.479 e. The minimum atomic E-state index is -1.41. The normalized spacial score (nSPS) is 22.7. The van der Waals surface area contributed by atoms with E-state index in [4.69, 9.17) is 10.2 Å². The molecule has 2 aromatic rings. The fourth-order valence-electron chi connectivity index (χ4n) is 3.63. The van der Waals surface area contributed by atoms with Crippen molar-refractivity contribution in [1.29, 1.82) is 0 Å². The maximum absolute atomic E-state index is 10.2. The molecule has 0 unspecified atom stereocenters. The van der Waals surface area contributed by atoms with Gasteiger partial charge in [-0.1, -0.05) is 30.3 Å². The maximum Gasteiger partial charge on any atom is 0.337 e.